The number of allylic oxidation sites excluding steroid dienone is 2. The van der Waals surface area contributed by atoms with Crippen molar-refractivity contribution in [1.29, 1.82) is 0 Å². The quantitative estimate of drug-likeness (QED) is 0.289. The lowest BCUT2D eigenvalue weighted by atomic mass is 10.1. The topological polar surface area (TPSA) is 57.5 Å². The van der Waals surface area contributed by atoms with E-state index in [2.05, 4.69) is 6.92 Å². The van der Waals surface area contributed by atoms with Gasteiger partial charge in [-0.2, -0.15) is 0 Å². The average Bonchev–Trinajstić information content (AvgIpc) is 2.05. The van der Waals surface area contributed by atoms with Gasteiger partial charge in [-0.05, 0) is 6.42 Å². The molecule has 0 aliphatic carbocycles. The Labute approximate surface area is 78.4 Å². The molecule has 0 heterocycles. The van der Waals surface area contributed by atoms with Crippen molar-refractivity contribution >= 4 is 5.78 Å². The monoisotopic (exact) mass is 184 g/mol. The fourth-order valence-corrected chi connectivity index (χ4v) is 0.911. The van der Waals surface area contributed by atoms with Crippen LogP contribution in [0.5, 0.6) is 0 Å². The lowest BCUT2D eigenvalue weighted by molar-refractivity contribution is -0.114. The number of hydrogen-bond donors (Lipinski definition) is 2. The van der Waals surface area contributed by atoms with Crippen LogP contribution < -0.4 is 0 Å². The number of ketones is 1. The summed E-state index contributed by atoms with van der Waals surface area (Å²) in [4.78, 5) is 11.1. The van der Waals surface area contributed by atoms with Crippen molar-refractivity contribution in [2.24, 2.45) is 0 Å². The average molecular weight is 184 g/mol. The Hall–Kier alpha value is -1.25. The van der Waals surface area contributed by atoms with E-state index in [1.165, 1.54) is 0 Å². The highest BCUT2D eigenvalue weighted by atomic mass is 16.3. The zero-order chi connectivity index (χ0) is 10.1. The van der Waals surface area contributed by atoms with Crippen molar-refractivity contribution in [2.45, 2.75) is 32.6 Å². The van der Waals surface area contributed by atoms with Crippen LogP contribution in [0.1, 0.15) is 32.6 Å². The van der Waals surface area contributed by atoms with Crippen molar-refractivity contribution < 1.29 is 15.0 Å². The molecule has 0 saturated heterocycles. The van der Waals surface area contributed by atoms with Gasteiger partial charge in [0.25, 0.3) is 0 Å². The zero-order valence-corrected chi connectivity index (χ0v) is 7.86. The Balaban J connectivity index is 3.78. The first kappa shape index (κ1) is 11.8. The van der Waals surface area contributed by atoms with Crippen LogP contribution in [0, 0.1) is 0 Å². The highest BCUT2D eigenvalue weighted by Crippen LogP contribution is 2.01. The fourth-order valence-electron chi connectivity index (χ4n) is 0.911. The molecular formula is C10H16O3. The number of aliphatic hydroxyl groups is 2. The summed E-state index contributed by atoms with van der Waals surface area (Å²) >= 11 is 0. The second kappa shape index (κ2) is 7.40. The van der Waals surface area contributed by atoms with Crippen molar-refractivity contribution in [3.8, 4) is 0 Å². The first-order chi connectivity index (χ1) is 6.20. The van der Waals surface area contributed by atoms with Crippen LogP contribution in [0.4, 0.5) is 0 Å². The third-order valence-corrected chi connectivity index (χ3v) is 1.58. The third-order valence-electron chi connectivity index (χ3n) is 1.58. The normalized spacial score (nSPS) is 12.2. The van der Waals surface area contributed by atoms with Gasteiger partial charge in [0, 0.05) is 18.6 Å². The molecule has 0 aliphatic heterocycles. The minimum atomic E-state index is -0.205. The second-order valence-corrected chi connectivity index (χ2v) is 2.81. The van der Waals surface area contributed by atoms with Crippen LogP contribution in [0.15, 0.2) is 24.2 Å². The van der Waals surface area contributed by atoms with E-state index in [9.17, 15) is 4.79 Å². The molecule has 2 N–H and O–H groups in total. The summed E-state index contributed by atoms with van der Waals surface area (Å²) in [5, 5.41) is 17.2. The molecule has 0 saturated carbocycles. The predicted molar refractivity (Wildman–Crippen MR) is 51.6 cm³/mol. The van der Waals surface area contributed by atoms with Crippen molar-refractivity contribution in [3.05, 3.63) is 24.2 Å². The molecule has 0 unspecified atom stereocenters. The Morgan fingerprint density at radius 2 is 2.08 bits per heavy atom. The van der Waals surface area contributed by atoms with Crippen molar-refractivity contribution in [3.63, 3.8) is 0 Å². The number of rotatable bonds is 6. The van der Waals surface area contributed by atoms with Crippen LogP contribution in [0.3, 0.4) is 0 Å². The molecular weight excluding hydrogens is 168 g/mol. The SMILES string of the molecule is CCCCCC(=O)C=C(O)C=CO. The molecule has 0 aromatic rings. The van der Waals surface area contributed by atoms with Crippen LogP contribution >= 0.6 is 0 Å². The van der Waals surface area contributed by atoms with Gasteiger partial charge in [-0.25, -0.2) is 0 Å². The highest BCUT2D eigenvalue weighted by molar-refractivity contribution is 5.90. The minimum absolute atomic E-state index is 0.107. The summed E-state index contributed by atoms with van der Waals surface area (Å²) in [5.74, 6) is -0.312. The van der Waals surface area contributed by atoms with E-state index in [4.69, 9.17) is 10.2 Å². The summed E-state index contributed by atoms with van der Waals surface area (Å²) in [5.41, 5.74) is 0. The molecule has 13 heavy (non-hydrogen) atoms. The maximum Gasteiger partial charge on any atom is 0.159 e. The van der Waals surface area contributed by atoms with Crippen molar-refractivity contribution in [2.75, 3.05) is 0 Å². The van der Waals surface area contributed by atoms with E-state index >= 15 is 0 Å². The molecule has 0 radical (unpaired) electrons. The van der Waals surface area contributed by atoms with E-state index in [0.29, 0.717) is 12.7 Å². The van der Waals surface area contributed by atoms with Gasteiger partial charge in [0.1, 0.15) is 5.76 Å². The molecule has 3 nitrogen and oxygen atoms in total. The first-order valence-electron chi connectivity index (χ1n) is 4.45. The van der Waals surface area contributed by atoms with Crippen LogP contribution in [0.25, 0.3) is 0 Å². The zero-order valence-electron chi connectivity index (χ0n) is 7.86. The Morgan fingerprint density at radius 3 is 2.62 bits per heavy atom. The fraction of sp³-hybridized carbons (Fsp3) is 0.500. The molecule has 0 atom stereocenters. The second-order valence-electron chi connectivity index (χ2n) is 2.81. The van der Waals surface area contributed by atoms with Gasteiger partial charge >= 0.3 is 0 Å². The molecule has 0 bridgehead atoms. The standard InChI is InChI=1S/C10H16O3/c1-2-3-4-5-9(12)8-10(13)6-7-11/h6-8,11,13H,2-5H2,1H3. The van der Waals surface area contributed by atoms with Gasteiger partial charge < -0.3 is 10.2 Å². The molecule has 74 valence electrons. The van der Waals surface area contributed by atoms with Crippen LogP contribution in [-0.2, 0) is 4.79 Å². The molecule has 0 amide bonds. The molecule has 0 aromatic heterocycles. The first-order valence-corrected chi connectivity index (χ1v) is 4.45. The molecule has 0 aromatic carbocycles. The van der Waals surface area contributed by atoms with Gasteiger partial charge in [0.15, 0.2) is 5.78 Å². The van der Waals surface area contributed by atoms with Gasteiger partial charge in [-0.1, -0.05) is 19.8 Å². The van der Waals surface area contributed by atoms with E-state index in [1.807, 2.05) is 0 Å². The molecule has 0 fully saturated rings. The van der Waals surface area contributed by atoms with Crippen LogP contribution in [-0.4, -0.2) is 16.0 Å². The van der Waals surface area contributed by atoms with Gasteiger partial charge in [0.05, 0.1) is 6.26 Å². The molecule has 0 rings (SSSR count). The summed E-state index contributed by atoms with van der Waals surface area (Å²) in [6, 6.07) is 0. The van der Waals surface area contributed by atoms with Gasteiger partial charge in [0.2, 0.25) is 0 Å². The maximum atomic E-state index is 11.1. The van der Waals surface area contributed by atoms with Gasteiger partial charge in [-0.3, -0.25) is 4.79 Å². The summed E-state index contributed by atoms with van der Waals surface area (Å²) in [6.45, 7) is 2.06. The molecule has 0 spiro atoms. The molecule has 0 aliphatic rings. The lowest BCUT2D eigenvalue weighted by Gasteiger charge is -1.94. The van der Waals surface area contributed by atoms with Crippen LogP contribution in [0.2, 0.25) is 0 Å². The smallest absolute Gasteiger partial charge is 0.159 e. The Morgan fingerprint density at radius 1 is 1.38 bits per heavy atom. The van der Waals surface area contributed by atoms with E-state index in [1.54, 1.807) is 0 Å². The van der Waals surface area contributed by atoms with Crippen molar-refractivity contribution in [1.82, 2.24) is 0 Å². The lowest BCUT2D eigenvalue weighted by Crippen LogP contribution is -1.94. The Bertz CT molecular complexity index is 204. The summed E-state index contributed by atoms with van der Waals surface area (Å²) in [7, 11) is 0. The Kier molecular flexibility index (Phi) is 6.69. The summed E-state index contributed by atoms with van der Waals surface area (Å²) in [6.07, 6.45) is 6.29. The number of aliphatic hydroxyl groups excluding tert-OH is 2. The number of unbranched alkanes of at least 4 members (excludes halogenated alkanes) is 2. The summed E-state index contributed by atoms with van der Waals surface area (Å²) < 4.78 is 0. The van der Waals surface area contributed by atoms with Gasteiger partial charge in [-0.15, -0.1) is 0 Å². The van der Waals surface area contributed by atoms with E-state index in [-0.39, 0.29) is 11.5 Å². The van der Waals surface area contributed by atoms with E-state index < -0.39 is 0 Å². The highest BCUT2D eigenvalue weighted by Gasteiger charge is 1.98. The maximum absolute atomic E-state index is 11.1. The number of carbonyl (C=O) groups excluding carboxylic acids is 1. The van der Waals surface area contributed by atoms with E-state index in [0.717, 1.165) is 31.4 Å². The predicted octanol–water partition coefficient (Wildman–Crippen LogP) is 2.65. The number of carbonyl (C=O) groups is 1. The minimum Gasteiger partial charge on any atom is -0.515 e. The third kappa shape index (κ3) is 7.12. The molecule has 3 heteroatoms. The largest absolute Gasteiger partial charge is 0.515 e. The number of hydrogen-bond acceptors (Lipinski definition) is 3.